The number of hydrogen-bond acceptors (Lipinski definition) is 2. The van der Waals surface area contributed by atoms with Crippen LogP contribution in [0.2, 0.25) is 0 Å². The Morgan fingerprint density at radius 2 is 1.80 bits per heavy atom. The molecule has 1 aliphatic rings. The molecule has 0 radical (unpaired) electrons. The number of hydrogen-bond donors (Lipinski definition) is 3. The van der Waals surface area contributed by atoms with E-state index in [0.717, 1.165) is 24.0 Å². The number of aliphatic imine (C=N–C) groups is 1. The standard InChI is InChI=1S/C19H30N4O.HI/c1-4-21-19(23-17-11-5-14(2)6-12-17)22-13-15-7-9-16(10-8-15)18(24)20-3;/h7-10,14,17H,4-6,11-13H2,1-3H3,(H,20,24)(H2,21,22,23);1H. The van der Waals surface area contributed by atoms with Crippen molar-refractivity contribution in [2.45, 2.75) is 52.1 Å². The Hall–Kier alpha value is -1.31. The molecule has 0 saturated heterocycles. The first-order valence-corrected chi connectivity index (χ1v) is 8.98. The molecule has 0 bridgehead atoms. The van der Waals surface area contributed by atoms with Gasteiger partial charge in [0.25, 0.3) is 5.91 Å². The molecule has 1 aliphatic carbocycles. The Morgan fingerprint density at radius 3 is 2.36 bits per heavy atom. The zero-order valence-electron chi connectivity index (χ0n) is 15.5. The minimum atomic E-state index is -0.0633. The maximum Gasteiger partial charge on any atom is 0.251 e. The number of rotatable bonds is 5. The van der Waals surface area contributed by atoms with E-state index in [1.165, 1.54) is 25.7 Å². The van der Waals surface area contributed by atoms with Gasteiger partial charge in [-0.3, -0.25) is 4.79 Å². The monoisotopic (exact) mass is 458 g/mol. The first-order chi connectivity index (χ1) is 11.6. The quantitative estimate of drug-likeness (QED) is 0.361. The van der Waals surface area contributed by atoms with E-state index in [4.69, 9.17) is 0 Å². The van der Waals surface area contributed by atoms with E-state index in [1.807, 2.05) is 24.3 Å². The van der Waals surface area contributed by atoms with Gasteiger partial charge < -0.3 is 16.0 Å². The number of nitrogens with one attached hydrogen (secondary N) is 3. The lowest BCUT2D eigenvalue weighted by Gasteiger charge is -2.28. The third-order valence-corrected chi connectivity index (χ3v) is 4.56. The van der Waals surface area contributed by atoms with E-state index in [0.29, 0.717) is 18.2 Å². The van der Waals surface area contributed by atoms with Crippen LogP contribution in [-0.2, 0) is 6.54 Å². The van der Waals surface area contributed by atoms with E-state index < -0.39 is 0 Å². The van der Waals surface area contributed by atoms with Gasteiger partial charge >= 0.3 is 0 Å². The molecular weight excluding hydrogens is 427 g/mol. The highest BCUT2D eigenvalue weighted by Gasteiger charge is 2.18. The highest BCUT2D eigenvalue weighted by molar-refractivity contribution is 14.0. The van der Waals surface area contributed by atoms with Crippen LogP contribution in [0.25, 0.3) is 0 Å². The van der Waals surface area contributed by atoms with Gasteiger partial charge in [0.2, 0.25) is 0 Å². The summed E-state index contributed by atoms with van der Waals surface area (Å²) < 4.78 is 0. The fourth-order valence-corrected chi connectivity index (χ4v) is 2.99. The third kappa shape index (κ3) is 7.22. The number of nitrogens with zero attached hydrogens (tertiary/aromatic N) is 1. The van der Waals surface area contributed by atoms with Crippen LogP contribution in [0.4, 0.5) is 0 Å². The maximum atomic E-state index is 11.6. The van der Waals surface area contributed by atoms with Gasteiger partial charge in [-0.25, -0.2) is 4.99 Å². The van der Waals surface area contributed by atoms with E-state index in [2.05, 4.69) is 34.8 Å². The molecule has 0 atom stereocenters. The number of amides is 1. The molecule has 6 heteroatoms. The first kappa shape index (κ1) is 21.7. The number of halogens is 1. The Kier molecular flexibility index (Phi) is 9.85. The second-order valence-corrected chi connectivity index (χ2v) is 6.57. The van der Waals surface area contributed by atoms with Crippen molar-refractivity contribution >= 4 is 35.8 Å². The molecular formula is C19H31IN4O. The molecule has 1 aromatic carbocycles. The molecule has 1 fully saturated rings. The minimum absolute atomic E-state index is 0. The predicted molar refractivity (Wildman–Crippen MR) is 115 cm³/mol. The van der Waals surface area contributed by atoms with Crippen molar-refractivity contribution in [1.29, 1.82) is 0 Å². The molecule has 1 amide bonds. The molecule has 0 aliphatic heterocycles. The van der Waals surface area contributed by atoms with Crippen LogP contribution in [0.1, 0.15) is 55.5 Å². The molecule has 0 spiro atoms. The summed E-state index contributed by atoms with van der Waals surface area (Å²) in [6, 6.07) is 8.12. The van der Waals surface area contributed by atoms with Crippen LogP contribution < -0.4 is 16.0 Å². The molecule has 0 aromatic heterocycles. The van der Waals surface area contributed by atoms with Crippen LogP contribution in [0, 0.1) is 5.92 Å². The first-order valence-electron chi connectivity index (χ1n) is 8.98. The molecule has 0 heterocycles. The van der Waals surface area contributed by atoms with Crippen LogP contribution in [0.15, 0.2) is 29.3 Å². The van der Waals surface area contributed by atoms with Gasteiger partial charge in [0.15, 0.2) is 5.96 Å². The van der Waals surface area contributed by atoms with Crippen molar-refractivity contribution in [3.05, 3.63) is 35.4 Å². The van der Waals surface area contributed by atoms with Crippen molar-refractivity contribution in [2.75, 3.05) is 13.6 Å². The van der Waals surface area contributed by atoms with Crippen molar-refractivity contribution in [2.24, 2.45) is 10.9 Å². The Bertz CT molecular complexity index is 551. The number of carbonyl (C=O) groups is 1. The van der Waals surface area contributed by atoms with Gasteiger partial charge in [-0.05, 0) is 56.2 Å². The summed E-state index contributed by atoms with van der Waals surface area (Å²) in [6.45, 7) is 5.87. The summed E-state index contributed by atoms with van der Waals surface area (Å²) in [5.74, 6) is 1.67. The molecule has 5 nitrogen and oxygen atoms in total. The van der Waals surface area contributed by atoms with Crippen molar-refractivity contribution in [3.8, 4) is 0 Å². The molecule has 3 N–H and O–H groups in total. The van der Waals surface area contributed by atoms with E-state index in [-0.39, 0.29) is 29.9 Å². The van der Waals surface area contributed by atoms with Gasteiger partial charge in [0.05, 0.1) is 6.54 Å². The van der Waals surface area contributed by atoms with Gasteiger partial charge in [0.1, 0.15) is 0 Å². The predicted octanol–water partition coefficient (Wildman–Crippen LogP) is 3.30. The van der Waals surface area contributed by atoms with Gasteiger partial charge in [-0.15, -0.1) is 24.0 Å². The lowest BCUT2D eigenvalue weighted by atomic mass is 9.87. The van der Waals surface area contributed by atoms with E-state index in [1.54, 1.807) is 7.05 Å². The van der Waals surface area contributed by atoms with Crippen LogP contribution >= 0.6 is 24.0 Å². The average Bonchev–Trinajstić information content (AvgIpc) is 2.61. The highest BCUT2D eigenvalue weighted by atomic mass is 127. The zero-order valence-corrected chi connectivity index (χ0v) is 17.8. The smallest absolute Gasteiger partial charge is 0.251 e. The van der Waals surface area contributed by atoms with Crippen molar-refractivity contribution in [3.63, 3.8) is 0 Å². The summed E-state index contributed by atoms with van der Waals surface area (Å²) in [4.78, 5) is 16.2. The van der Waals surface area contributed by atoms with E-state index >= 15 is 0 Å². The molecule has 25 heavy (non-hydrogen) atoms. The number of benzene rings is 1. The molecule has 1 aromatic rings. The second-order valence-electron chi connectivity index (χ2n) is 6.57. The molecule has 2 rings (SSSR count). The Balaban J connectivity index is 0.00000312. The summed E-state index contributed by atoms with van der Waals surface area (Å²) in [5.41, 5.74) is 1.77. The van der Waals surface area contributed by atoms with Crippen LogP contribution in [-0.4, -0.2) is 31.5 Å². The Morgan fingerprint density at radius 1 is 1.16 bits per heavy atom. The Labute approximate surface area is 168 Å². The summed E-state index contributed by atoms with van der Waals surface area (Å²) in [7, 11) is 1.64. The van der Waals surface area contributed by atoms with Crippen molar-refractivity contribution in [1.82, 2.24) is 16.0 Å². The largest absolute Gasteiger partial charge is 0.357 e. The van der Waals surface area contributed by atoms with Crippen LogP contribution in [0.3, 0.4) is 0 Å². The summed E-state index contributed by atoms with van der Waals surface area (Å²) >= 11 is 0. The fraction of sp³-hybridized carbons (Fsp3) is 0.579. The summed E-state index contributed by atoms with van der Waals surface area (Å²) in [5, 5.41) is 9.52. The average molecular weight is 458 g/mol. The molecule has 140 valence electrons. The van der Waals surface area contributed by atoms with Gasteiger partial charge in [0, 0.05) is 25.2 Å². The molecule has 1 saturated carbocycles. The van der Waals surface area contributed by atoms with Crippen LogP contribution in [0.5, 0.6) is 0 Å². The van der Waals surface area contributed by atoms with Gasteiger partial charge in [-0.2, -0.15) is 0 Å². The SMILES string of the molecule is CCNC(=NCc1ccc(C(=O)NC)cc1)NC1CCC(C)CC1.I. The highest BCUT2D eigenvalue weighted by Crippen LogP contribution is 2.23. The normalized spacial score (nSPS) is 20.4. The maximum absolute atomic E-state index is 11.6. The molecule has 0 unspecified atom stereocenters. The lowest BCUT2D eigenvalue weighted by Crippen LogP contribution is -2.44. The van der Waals surface area contributed by atoms with Gasteiger partial charge in [-0.1, -0.05) is 19.1 Å². The fourth-order valence-electron chi connectivity index (χ4n) is 2.99. The minimum Gasteiger partial charge on any atom is -0.357 e. The lowest BCUT2D eigenvalue weighted by molar-refractivity contribution is 0.0963. The third-order valence-electron chi connectivity index (χ3n) is 4.56. The number of carbonyl (C=O) groups excluding carboxylic acids is 1. The second kappa shape index (κ2) is 11.3. The topological polar surface area (TPSA) is 65.5 Å². The number of guanidine groups is 1. The van der Waals surface area contributed by atoms with Crippen molar-refractivity contribution < 1.29 is 4.79 Å². The summed E-state index contributed by atoms with van der Waals surface area (Å²) in [6.07, 6.45) is 5.01. The zero-order chi connectivity index (χ0) is 17.4. The van der Waals surface area contributed by atoms with E-state index in [9.17, 15) is 4.79 Å².